The van der Waals surface area contributed by atoms with Crippen LogP contribution in [-0.2, 0) is 0 Å². The van der Waals surface area contributed by atoms with Crippen molar-refractivity contribution in [3.63, 3.8) is 0 Å². The van der Waals surface area contributed by atoms with Crippen molar-refractivity contribution in [2.45, 2.75) is 26.3 Å². The van der Waals surface area contributed by atoms with E-state index >= 15 is 0 Å². The molecule has 4 heteroatoms. The maximum Gasteiger partial charge on any atom is 0.161 e. The molecule has 1 rings (SSSR count). The van der Waals surface area contributed by atoms with Gasteiger partial charge in [-0.25, -0.2) is 0 Å². The molecule has 106 valence electrons. The van der Waals surface area contributed by atoms with Gasteiger partial charge in [0.05, 0.1) is 7.11 Å². The van der Waals surface area contributed by atoms with Gasteiger partial charge in [-0.3, -0.25) is 0 Å². The zero-order valence-corrected chi connectivity index (χ0v) is 12.5. The van der Waals surface area contributed by atoms with E-state index < -0.39 is 0 Å². The minimum atomic E-state index is 0.297. The van der Waals surface area contributed by atoms with Crippen LogP contribution in [0, 0.1) is 0 Å². The summed E-state index contributed by atoms with van der Waals surface area (Å²) in [5.41, 5.74) is 2.63. The molecule has 19 heavy (non-hydrogen) atoms. The number of halogens is 1. The SMILES string of the molecule is CCCNC(C)c1ccc(OC/C=C/Cl)c(OC)c1. The van der Waals surface area contributed by atoms with Gasteiger partial charge < -0.3 is 14.8 Å². The molecule has 0 aliphatic rings. The molecule has 1 atom stereocenters. The van der Waals surface area contributed by atoms with E-state index in [-0.39, 0.29) is 0 Å². The Bertz CT molecular complexity index is 407. The summed E-state index contributed by atoms with van der Waals surface area (Å²) in [5, 5.41) is 3.45. The van der Waals surface area contributed by atoms with Crippen LogP contribution in [0.1, 0.15) is 31.9 Å². The van der Waals surface area contributed by atoms with Crippen molar-refractivity contribution in [2.75, 3.05) is 20.3 Å². The van der Waals surface area contributed by atoms with Crippen molar-refractivity contribution < 1.29 is 9.47 Å². The highest BCUT2D eigenvalue weighted by Crippen LogP contribution is 2.30. The zero-order chi connectivity index (χ0) is 14.1. The highest BCUT2D eigenvalue weighted by molar-refractivity contribution is 6.25. The zero-order valence-electron chi connectivity index (χ0n) is 11.8. The molecule has 0 saturated heterocycles. The first-order valence-corrected chi connectivity index (χ1v) is 6.95. The highest BCUT2D eigenvalue weighted by atomic mass is 35.5. The van der Waals surface area contributed by atoms with Crippen LogP contribution in [0.2, 0.25) is 0 Å². The molecule has 0 aliphatic heterocycles. The molecule has 1 N–H and O–H groups in total. The van der Waals surface area contributed by atoms with E-state index in [1.165, 1.54) is 11.1 Å². The number of ether oxygens (including phenoxy) is 2. The summed E-state index contributed by atoms with van der Waals surface area (Å²) < 4.78 is 10.9. The van der Waals surface area contributed by atoms with Crippen LogP contribution in [-0.4, -0.2) is 20.3 Å². The normalized spacial score (nSPS) is 12.6. The first-order chi connectivity index (χ1) is 9.22. The largest absolute Gasteiger partial charge is 0.493 e. The van der Waals surface area contributed by atoms with Crippen molar-refractivity contribution in [3.8, 4) is 11.5 Å². The van der Waals surface area contributed by atoms with Crippen molar-refractivity contribution in [1.29, 1.82) is 0 Å². The average Bonchev–Trinajstić information content (AvgIpc) is 2.45. The van der Waals surface area contributed by atoms with E-state index in [2.05, 4.69) is 25.2 Å². The molecular weight excluding hydrogens is 262 g/mol. The van der Waals surface area contributed by atoms with E-state index in [1.807, 2.05) is 12.1 Å². The van der Waals surface area contributed by atoms with Crippen LogP contribution in [0.25, 0.3) is 0 Å². The average molecular weight is 284 g/mol. The summed E-state index contributed by atoms with van der Waals surface area (Å²) in [7, 11) is 1.65. The fourth-order valence-electron chi connectivity index (χ4n) is 1.73. The van der Waals surface area contributed by atoms with Gasteiger partial charge in [-0.15, -0.1) is 0 Å². The van der Waals surface area contributed by atoms with Crippen LogP contribution >= 0.6 is 11.6 Å². The van der Waals surface area contributed by atoms with Gasteiger partial charge in [0.15, 0.2) is 11.5 Å². The molecule has 0 heterocycles. The molecule has 3 nitrogen and oxygen atoms in total. The third-order valence-electron chi connectivity index (χ3n) is 2.81. The lowest BCUT2D eigenvalue weighted by Crippen LogP contribution is -2.19. The minimum Gasteiger partial charge on any atom is -0.493 e. The second-order valence-corrected chi connectivity index (χ2v) is 4.51. The Morgan fingerprint density at radius 3 is 2.79 bits per heavy atom. The lowest BCUT2D eigenvalue weighted by molar-refractivity contribution is 0.325. The molecule has 1 unspecified atom stereocenters. The lowest BCUT2D eigenvalue weighted by Gasteiger charge is -2.16. The summed E-state index contributed by atoms with van der Waals surface area (Å²) in [6.07, 6.45) is 2.85. The van der Waals surface area contributed by atoms with Crippen LogP contribution < -0.4 is 14.8 Å². The summed E-state index contributed by atoms with van der Waals surface area (Å²) >= 11 is 5.46. The Labute approximate surface area is 120 Å². The maximum atomic E-state index is 5.57. The smallest absolute Gasteiger partial charge is 0.161 e. The molecule has 0 radical (unpaired) electrons. The van der Waals surface area contributed by atoms with Crippen molar-refractivity contribution >= 4 is 11.6 Å². The topological polar surface area (TPSA) is 30.5 Å². The van der Waals surface area contributed by atoms with Crippen molar-refractivity contribution in [2.24, 2.45) is 0 Å². The molecule has 1 aromatic rings. The molecule has 0 spiro atoms. The molecule has 0 amide bonds. The highest BCUT2D eigenvalue weighted by Gasteiger charge is 2.09. The Hall–Kier alpha value is -1.19. The van der Waals surface area contributed by atoms with Gasteiger partial charge in [-0.2, -0.15) is 0 Å². The molecule has 0 aromatic heterocycles. The molecule has 0 fully saturated rings. The molecule has 0 bridgehead atoms. The summed E-state index contributed by atoms with van der Waals surface area (Å²) in [6.45, 7) is 5.73. The summed E-state index contributed by atoms with van der Waals surface area (Å²) in [4.78, 5) is 0. The van der Waals surface area contributed by atoms with Crippen LogP contribution in [0.5, 0.6) is 11.5 Å². The Balaban J connectivity index is 2.76. The number of benzene rings is 1. The Morgan fingerprint density at radius 2 is 2.16 bits per heavy atom. The predicted octanol–water partition coefficient (Wildman–Crippen LogP) is 3.89. The van der Waals surface area contributed by atoms with Crippen molar-refractivity contribution in [3.05, 3.63) is 35.4 Å². The van der Waals surface area contributed by atoms with Gasteiger partial charge in [0.1, 0.15) is 6.61 Å². The maximum absolute atomic E-state index is 5.57. The second-order valence-electron chi connectivity index (χ2n) is 4.26. The van der Waals surface area contributed by atoms with Crippen molar-refractivity contribution in [1.82, 2.24) is 5.32 Å². The van der Waals surface area contributed by atoms with E-state index in [9.17, 15) is 0 Å². The van der Waals surface area contributed by atoms with Gasteiger partial charge in [0.2, 0.25) is 0 Å². The standard InChI is InChI=1S/C15H22ClNO2/c1-4-9-17-12(2)13-6-7-14(15(11-13)18-3)19-10-5-8-16/h5-8,11-12,17H,4,9-10H2,1-3H3/b8-5+. The number of nitrogens with one attached hydrogen (secondary N) is 1. The van der Waals surface area contributed by atoms with Crippen LogP contribution in [0.15, 0.2) is 29.8 Å². The van der Waals surface area contributed by atoms with Gasteiger partial charge >= 0.3 is 0 Å². The van der Waals surface area contributed by atoms with Gasteiger partial charge in [-0.05, 0) is 43.7 Å². The number of hydrogen-bond acceptors (Lipinski definition) is 3. The second kappa shape index (κ2) is 8.83. The molecule has 0 aliphatic carbocycles. The third-order valence-corrected chi connectivity index (χ3v) is 2.99. The van der Waals surface area contributed by atoms with Gasteiger partial charge in [0.25, 0.3) is 0 Å². The first kappa shape index (κ1) is 15.9. The Morgan fingerprint density at radius 1 is 1.37 bits per heavy atom. The fourth-order valence-corrected chi connectivity index (χ4v) is 1.80. The number of rotatable bonds is 8. The molecule has 1 aromatic carbocycles. The molecule has 0 saturated carbocycles. The summed E-state index contributed by atoms with van der Waals surface area (Å²) in [5.74, 6) is 1.47. The van der Waals surface area contributed by atoms with Gasteiger partial charge in [-0.1, -0.05) is 24.6 Å². The quantitative estimate of drug-likeness (QED) is 0.785. The van der Waals surface area contributed by atoms with Crippen LogP contribution in [0.4, 0.5) is 0 Å². The Kier molecular flexibility index (Phi) is 7.38. The first-order valence-electron chi connectivity index (χ1n) is 6.52. The third kappa shape index (κ3) is 5.13. The van der Waals surface area contributed by atoms with E-state index in [1.54, 1.807) is 13.2 Å². The fraction of sp³-hybridized carbons (Fsp3) is 0.467. The van der Waals surface area contributed by atoms with E-state index in [0.717, 1.165) is 24.5 Å². The van der Waals surface area contributed by atoms with E-state index in [0.29, 0.717) is 12.6 Å². The number of hydrogen-bond donors (Lipinski definition) is 1. The predicted molar refractivity (Wildman–Crippen MR) is 80.2 cm³/mol. The molecular formula is C15H22ClNO2. The van der Waals surface area contributed by atoms with E-state index in [4.69, 9.17) is 21.1 Å². The van der Waals surface area contributed by atoms with Gasteiger partial charge in [0, 0.05) is 11.6 Å². The monoisotopic (exact) mass is 283 g/mol. The summed E-state index contributed by atoms with van der Waals surface area (Å²) in [6, 6.07) is 6.29. The number of methoxy groups -OCH3 is 1. The van der Waals surface area contributed by atoms with Crippen LogP contribution in [0.3, 0.4) is 0 Å². The minimum absolute atomic E-state index is 0.297. The lowest BCUT2D eigenvalue weighted by atomic mass is 10.1.